The fraction of sp³-hybridized carbons (Fsp3) is 0.200. The maximum atomic E-state index is 11.8. The summed E-state index contributed by atoms with van der Waals surface area (Å²) in [7, 11) is 1.26. The molecule has 0 saturated heterocycles. The number of amides is 2. The molecular weight excluding hydrogens is 282 g/mol. The second-order valence-corrected chi connectivity index (χ2v) is 6.42. The number of imide groups is 1. The molecule has 0 fully saturated rings. The lowest BCUT2D eigenvalue weighted by Gasteiger charge is -2.12. The van der Waals surface area contributed by atoms with Gasteiger partial charge in [0.25, 0.3) is 11.8 Å². The van der Waals surface area contributed by atoms with E-state index in [2.05, 4.69) is 0 Å². The number of carbonyl (C=O) groups excluding carboxylic acids is 2. The minimum absolute atomic E-state index is 0.233. The van der Waals surface area contributed by atoms with Crippen LogP contribution in [0.5, 0.6) is 0 Å². The summed E-state index contributed by atoms with van der Waals surface area (Å²) in [6.07, 6.45) is 0. The highest BCUT2D eigenvalue weighted by molar-refractivity contribution is 8.13. The highest BCUT2D eigenvalue weighted by Crippen LogP contribution is 2.22. The highest BCUT2D eigenvalue weighted by Gasteiger charge is 2.36. The predicted molar refractivity (Wildman–Crippen MR) is 62.5 cm³/mol. The Kier molecular flexibility index (Phi) is 3.38. The van der Waals surface area contributed by atoms with Crippen LogP contribution in [0.4, 0.5) is 0 Å². The van der Waals surface area contributed by atoms with Crippen LogP contribution in [0.25, 0.3) is 0 Å². The Morgan fingerprint density at radius 1 is 1.11 bits per heavy atom. The summed E-state index contributed by atoms with van der Waals surface area (Å²) in [5.41, 5.74) is 0.465. The summed E-state index contributed by atoms with van der Waals surface area (Å²) in [6.45, 7) is -0.364. The molecule has 0 N–H and O–H groups in total. The van der Waals surface area contributed by atoms with E-state index in [1.807, 2.05) is 0 Å². The van der Waals surface area contributed by atoms with Crippen LogP contribution in [0.15, 0.2) is 24.3 Å². The second kappa shape index (κ2) is 4.68. The molecule has 0 bridgehead atoms. The fourth-order valence-corrected chi connectivity index (χ4v) is 1.98. The smallest absolute Gasteiger partial charge is 0.266 e. The topological polar surface area (TPSA) is 80.8 Å². The van der Waals surface area contributed by atoms with Gasteiger partial charge in [-0.15, -0.1) is 5.06 Å². The average Bonchev–Trinajstić information content (AvgIpc) is 2.53. The van der Waals surface area contributed by atoms with Crippen molar-refractivity contribution >= 4 is 31.5 Å². The second-order valence-electron chi connectivity index (χ2n) is 3.53. The zero-order valence-corrected chi connectivity index (χ0v) is 10.6. The van der Waals surface area contributed by atoms with Gasteiger partial charge in [-0.25, -0.2) is 8.42 Å². The zero-order valence-electron chi connectivity index (χ0n) is 9.00. The van der Waals surface area contributed by atoms with Crippen LogP contribution in [-0.2, 0) is 13.9 Å². The van der Waals surface area contributed by atoms with Gasteiger partial charge in [0.15, 0.2) is 0 Å². The standard InChI is InChI=1S/C10H8ClNO5S/c11-18(15,16)6-5-17-12-9(13)7-3-1-2-4-8(7)10(12)14/h1-4H,5-6H2. The molecule has 0 radical (unpaired) electrons. The van der Waals surface area contributed by atoms with Crippen molar-refractivity contribution in [3.8, 4) is 0 Å². The Morgan fingerprint density at radius 3 is 2.06 bits per heavy atom. The average molecular weight is 290 g/mol. The van der Waals surface area contributed by atoms with Crippen LogP contribution < -0.4 is 0 Å². The Balaban J connectivity index is 2.10. The lowest BCUT2D eigenvalue weighted by atomic mass is 10.1. The molecule has 18 heavy (non-hydrogen) atoms. The van der Waals surface area contributed by atoms with Gasteiger partial charge in [0.2, 0.25) is 9.05 Å². The van der Waals surface area contributed by atoms with Gasteiger partial charge in [-0.2, -0.15) is 0 Å². The maximum Gasteiger partial charge on any atom is 0.285 e. The van der Waals surface area contributed by atoms with Gasteiger partial charge < -0.3 is 0 Å². The van der Waals surface area contributed by atoms with Gasteiger partial charge in [0.05, 0.1) is 23.5 Å². The van der Waals surface area contributed by atoms with E-state index < -0.39 is 26.6 Å². The van der Waals surface area contributed by atoms with Crippen molar-refractivity contribution < 1.29 is 22.8 Å². The molecule has 2 amide bonds. The minimum atomic E-state index is -3.72. The van der Waals surface area contributed by atoms with Gasteiger partial charge >= 0.3 is 0 Å². The van der Waals surface area contributed by atoms with E-state index in [0.717, 1.165) is 0 Å². The van der Waals surface area contributed by atoms with Crippen molar-refractivity contribution in [1.29, 1.82) is 0 Å². The number of rotatable bonds is 4. The first-order valence-corrected chi connectivity index (χ1v) is 7.41. The summed E-state index contributed by atoms with van der Waals surface area (Å²) in [5.74, 6) is -1.70. The number of hydroxylamine groups is 2. The van der Waals surface area contributed by atoms with Crippen molar-refractivity contribution in [3.05, 3.63) is 35.4 Å². The fourth-order valence-electron chi connectivity index (χ4n) is 1.51. The van der Waals surface area contributed by atoms with Crippen LogP contribution in [0, 0.1) is 0 Å². The number of benzene rings is 1. The summed E-state index contributed by atoms with van der Waals surface area (Å²) in [6, 6.07) is 6.24. The molecule has 1 aliphatic rings. The van der Waals surface area contributed by atoms with E-state index in [0.29, 0.717) is 5.06 Å². The van der Waals surface area contributed by atoms with Gasteiger partial charge in [-0.3, -0.25) is 14.4 Å². The maximum absolute atomic E-state index is 11.8. The number of nitrogens with zero attached hydrogens (tertiary/aromatic N) is 1. The number of hydrogen-bond donors (Lipinski definition) is 0. The molecule has 0 unspecified atom stereocenters. The normalized spacial score (nSPS) is 15.1. The Bertz CT molecular complexity index is 577. The van der Waals surface area contributed by atoms with E-state index >= 15 is 0 Å². The molecule has 96 valence electrons. The third-order valence-electron chi connectivity index (χ3n) is 2.30. The minimum Gasteiger partial charge on any atom is -0.266 e. The molecule has 8 heteroatoms. The molecule has 0 spiro atoms. The summed E-state index contributed by atoms with van der Waals surface area (Å²) in [5, 5.41) is 0.548. The van der Waals surface area contributed by atoms with Crippen molar-refractivity contribution in [2.45, 2.75) is 0 Å². The highest BCUT2D eigenvalue weighted by atomic mass is 35.7. The Morgan fingerprint density at radius 2 is 1.61 bits per heavy atom. The molecule has 0 atom stereocenters. The molecule has 0 aliphatic carbocycles. The largest absolute Gasteiger partial charge is 0.285 e. The lowest BCUT2D eigenvalue weighted by Crippen LogP contribution is -2.31. The van der Waals surface area contributed by atoms with Crippen LogP contribution in [0.2, 0.25) is 0 Å². The van der Waals surface area contributed by atoms with Crippen molar-refractivity contribution in [3.63, 3.8) is 0 Å². The first kappa shape index (κ1) is 13.0. The van der Waals surface area contributed by atoms with Crippen molar-refractivity contribution in [2.75, 3.05) is 12.4 Å². The lowest BCUT2D eigenvalue weighted by molar-refractivity contribution is -0.0855. The molecule has 0 saturated carbocycles. The van der Waals surface area contributed by atoms with E-state index in [4.69, 9.17) is 15.5 Å². The predicted octanol–water partition coefficient (Wildman–Crippen LogP) is 0.783. The molecule has 2 rings (SSSR count). The van der Waals surface area contributed by atoms with Gasteiger partial charge in [0, 0.05) is 10.7 Å². The molecule has 1 heterocycles. The van der Waals surface area contributed by atoms with Crippen molar-refractivity contribution in [2.24, 2.45) is 0 Å². The number of fused-ring (bicyclic) bond motifs is 1. The summed E-state index contributed by atoms with van der Waals surface area (Å²) >= 11 is 0. The SMILES string of the molecule is O=C1c2ccccc2C(=O)N1OCCS(=O)(=O)Cl. The summed E-state index contributed by atoms with van der Waals surface area (Å²) < 4.78 is 21.4. The van der Waals surface area contributed by atoms with Crippen LogP contribution >= 0.6 is 10.7 Å². The molecule has 1 aliphatic heterocycles. The third-order valence-corrected chi connectivity index (χ3v) is 3.42. The molecule has 1 aromatic carbocycles. The van der Waals surface area contributed by atoms with E-state index in [1.54, 1.807) is 12.1 Å². The zero-order chi connectivity index (χ0) is 13.3. The monoisotopic (exact) mass is 289 g/mol. The van der Waals surface area contributed by atoms with Gasteiger partial charge in [-0.05, 0) is 12.1 Å². The van der Waals surface area contributed by atoms with Gasteiger partial charge in [-0.1, -0.05) is 12.1 Å². The van der Waals surface area contributed by atoms with Crippen LogP contribution in [-0.4, -0.2) is 37.7 Å². The Hall–Kier alpha value is -1.44. The molecular formula is C10H8ClNO5S. The Labute approximate surface area is 107 Å². The summed E-state index contributed by atoms with van der Waals surface area (Å²) in [4.78, 5) is 28.4. The number of hydrogen-bond acceptors (Lipinski definition) is 5. The van der Waals surface area contributed by atoms with E-state index in [9.17, 15) is 18.0 Å². The van der Waals surface area contributed by atoms with Crippen LogP contribution in [0.3, 0.4) is 0 Å². The van der Waals surface area contributed by atoms with Gasteiger partial charge in [0.1, 0.15) is 0 Å². The first-order chi connectivity index (χ1) is 8.40. The number of carbonyl (C=O) groups is 2. The molecule has 6 nitrogen and oxygen atoms in total. The quantitative estimate of drug-likeness (QED) is 0.604. The van der Waals surface area contributed by atoms with E-state index in [-0.39, 0.29) is 17.7 Å². The third kappa shape index (κ3) is 2.53. The number of halogens is 1. The van der Waals surface area contributed by atoms with Crippen LogP contribution in [0.1, 0.15) is 20.7 Å². The molecule has 1 aromatic rings. The first-order valence-electron chi connectivity index (χ1n) is 4.93. The van der Waals surface area contributed by atoms with Crippen molar-refractivity contribution in [1.82, 2.24) is 5.06 Å². The molecule has 0 aromatic heterocycles. The van der Waals surface area contributed by atoms with E-state index in [1.165, 1.54) is 12.1 Å².